The standard InChI is InChI=1S/C22H28N2O4/c1-5-10-24-11-9-15-13-19(26-3)20(27-4)14-16(15)21(24)17(6-2)23-22(25)18-8-7-12-28-18/h5,7-8,12-14,17,21H,1,6,9-11H2,2-4H3,(H,23,25)/t17-,21+/m0/s1. The van der Waals surface area contributed by atoms with Gasteiger partial charge in [-0.05, 0) is 48.2 Å². The first-order valence-corrected chi connectivity index (χ1v) is 9.57. The van der Waals surface area contributed by atoms with Crippen LogP contribution in [-0.2, 0) is 6.42 Å². The van der Waals surface area contributed by atoms with E-state index in [0.29, 0.717) is 11.5 Å². The monoisotopic (exact) mass is 384 g/mol. The van der Waals surface area contributed by atoms with Gasteiger partial charge in [-0.15, -0.1) is 6.58 Å². The lowest BCUT2D eigenvalue weighted by Gasteiger charge is -2.41. The van der Waals surface area contributed by atoms with Crippen LogP contribution in [-0.4, -0.2) is 44.2 Å². The molecule has 0 saturated carbocycles. The zero-order valence-electron chi connectivity index (χ0n) is 16.7. The van der Waals surface area contributed by atoms with E-state index in [1.807, 2.05) is 18.2 Å². The second-order valence-electron chi connectivity index (χ2n) is 6.85. The van der Waals surface area contributed by atoms with Crippen LogP contribution in [0.1, 0.15) is 41.1 Å². The Morgan fingerprint density at radius 1 is 1.39 bits per heavy atom. The van der Waals surface area contributed by atoms with Gasteiger partial charge in [0.1, 0.15) is 0 Å². The van der Waals surface area contributed by atoms with Gasteiger partial charge in [0.15, 0.2) is 17.3 Å². The maximum absolute atomic E-state index is 12.6. The van der Waals surface area contributed by atoms with Crippen LogP contribution in [0.5, 0.6) is 11.5 Å². The molecule has 0 saturated heterocycles. The fourth-order valence-corrected chi connectivity index (χ4v) is 3.92. The molecule has 0 bridgehead atoms. The van der Waals surface area contributed by atoms with Crippen molar-refractivity contribution in [3.05, 3.63) is 60.1 Å². The van der Waals surface area contributed by atoms with E-state index in [1.54, 1.807) is 26.4 Å². The van der Waals surface area contributed by atoms with E-state index in [4.69, 9.17) is 13.9 Å². The summed E-state index contributed by atoms with van der Waals surface area (Å²) in [5.74, 6) is 1.53. The minimum absolute atomic E-state index is 0.00506. The number of rotatable bonds is 8. The Hall–Kier alpha value is -2.73. The van der Waals surface area contributed by atoms with Crippen molar-refractivity contribution in [3.63, 3.8) is 0 Å². The molecule has 0 radical (unpaired) electrons. The summed E-state index contributed by atoms with van der Waals surface area (Å²) in [5, 5.41) is 3.15. The van der Waals surface area contributed by atoms with Gasteiger partial charge in [-0.25, -0.2) is 0 Å². The van der Waals surface area contributed by atoms with Gasteiger partial charge in [-0.3, -0.25) is 9.69 Å². The second kappa shape index (κ2) is 8.97. The highest BCUT2D eigenvalue weighted by Gasteiger charge is 2.34. The molecule has 150 valence electrons. The molecule has 1 amide bonds. The molecule has 6 heteroatoms. The quantitative estimate of drug-likeness (QED) is 0.705. The molecular formula is C22H28N2O4. The Kier molecular flexibility index (Phi) is 6.41. The first-order valence-electron chi connectivity index (χ1n) is 9.57. The molecule has 1 N–H and O–H groups in total. The van der Waals surface area contributed by atoms with Crippen molar-refractivity contribution in [1.82, 2.24) is 10.2 Å². The smallest absolute Gasteiger partial charge is 0.287 e. The van der Waals surface area contributed by atoms with Gasteiger partial charge >= 0.3 is 0 Å². The summed E-state index contributed by atoms with van der Waals surface area (Å²) >= 11 is 0. The lowest BCUT2D eigenvalue weighted by atomic mass is 9.86. The number of hydrogen-bond acceptors (Lipinski definition) is 5. The average Bonchev–Trinajstić information content (AvgIpc) is 3.26. The molecule has 1 aromatic heterocycles. The summed E-state index contributed by atoms with van der Waals surface area (Å²) in [6.07, 6.45) is 5.09. The van der Waals surface area contributed by atoms with E-state index >= 15 is 0 Å². The minimum Gasteiger partial charge on any atom is -0.493 e. The molecule has 0 unspecified atom stereocenters. The van der Waals surface area contributed by atoms with Crippen LogP contribution in [0, 0.1) is 0 Å². The summed E-state index contributed by atoms with van der Waals surface area (Å²) in [5.41, 5.74) is 2.37. The third kappa shape index (κ3) is 3.92. The number of amides is 1. The van der Waals surface area contributed by atoms with Crippen molar-refractivity contribution < 1.29 is 18.7 Å². The Morgan fingerprint density at radius 3 is 2.75 bits per heavy atom. The zero-order chi connectivity index (χ0) is 20.1. The first-order chi connectivity index (χ1) is 13.6. The minimum atomic E-state index is -0.206. The van der Waals surface area contributed by atoms with Crippen LogP contribution in [0.25, 0.3) is 0 Å². The highest BCUT2D eigenvalue weighted by molar-refractivity contribution is 5.91. The number of furan rings is 1. The van der Waals surface area contributed by atoms with Gasteiger partial charge in [0, 0.05) is 19.1 Å². The maximum atomic E-state index is 12.6. The molecule has 2 aromatic rings. The molecule has 1 aliphatic rings. The van der Waals surface area contributed by atoms with E-state index in [-0.39, 0.29) is 18.0 Å². The summed E-state index contributed by atoms with van der Waals surface area (Å²) in [4.78, 5) is 15.0. The van der Waals surface area contributed by atoms with Gasteiger partial charge in [-0.1, -0.05) is 13.0 Å². The second-order valence-corrected chi connectivity index (χ2v) is 6.85. The number of hydrogen-bond donors (Lipinski definition) is 1. The van der Waals surface area contributed by atoms with Crippen molar-refractivity contribution in [2.75, 3.05) is 27.3 Å². The van der Waals surface area contributed by atoms with E-state index in [9.17, 15) is 4.79 Å². The molecule has 0 spiro atoms. The lowest BCUT2D eigenvalue weighted by Crippen LogP contribution is -2.48. The number of methoxy groups -OCH3 is 2. The van der Waals surface area contributed by atoms with Crippen LogP contribution in [0.3, 0.4) is 0 Å². The van der Waals surface area contributed by atoms with Crippen LogP contribution in [0.2, 0.25) is 0 Å². The normalized spacial score (nSPS) is 17.5. The van der Waals surface area contributed by atoms with Crippen LogP contribution in [0.4, 0.5) is 0 Å². The number of ether oxygens (including phenoxy) is 2. The van der Waals surface area contributed by atoms with E-state index < -0.39 is 0 Å². The molecule has 0 aliphatic carbocycles. The van der Waals surface area contributed by atoms with Gasteiger partial charge < -0.3 is 19.2 Å². The molecular weight excluding hydrogens is 356 g/mol. The maximum Gasteiger partial charge on any atom is 0.287 e. The molecule has 1 aliphatic heterocycles. The lowest BCUT2D eigenvalue weighted by molar-refractivity contribution is 0.0853. The summed E-state index contributed by atoms with van der Waals surface area (Å²) in [6, 6.07) is 7.39. The van der Waals surface area contributed by atoms with Gasteiger partial charge in [-0.2, -0.15) is 0 Å². The fraction of sp³-hybridized carbons (Fsp3) is 0.409. The van der Waals surface area contributed by atoms with Crippen LogP contribution < -0.4 is 14.8 Å². The predicted molar refractivity (Wildman–Crippen MR) is 108 cm³/mol. The number of carbonyl (C=O) groups is 1. The van der Waals surface area contributed by atoms with Crippen LogP contribution >= 0.6 is 0 Å². The molecule has 6 nitrogen and oxygen atoms in total. The summed E-state index contributed by atoms with van der Waals surface area (Å²) < 4.78 is 16.3. The van der Waals surface area contributed by atoms with Crippen molar-refractivity contribution >= 4 is 5.91 Å². The average molecular weight is 384 g/mol. The van der Waals surface area contributed by atoms with Crippen molar-refractivity contribution in [1.29, 1.82) is 0 Å². The Bertz CT molecular complexity index is 816. The largest absolute Gasteiger partial charge is 0.493 e. The first kappa shape index (κ1) is 20.0. The van der Waals surface area contributed by atoms with Crippen LogP contribution in [0.15, 0.2) is 47.6 Å². The highest BCUT2D eigenvalue weighted by Crippen LogP contribution is 2.40. The van der Waals surface area contributed by atoms with E-state index in [0.717, 1.165) is 37.2 Å². The molecule has 3 rings (SSSR count). The SMILES string of the molecule is C=CCN1CCc2cc(OC)c(OC)cc2[C@@H]1[C@H](CC)NC(=O)c1ccco1. The molecule has 28 heavy (non-hydrogen) atoms. The third-order valence-corrected chi connectivity index (χ3v) is 5.27. The van der Waals surface area contributed by atoms with E-state index in [2.05, 4.69) is 23.7 Å². The number of carbonyl (C=O) groups excluding carboxylic acids is 1. The van der Waals surface area contributed by atoms with Crippen molar-refractivity contribution in [2.45, 2.75) is 31.8 Å². The van der Waals surface area contributed by atoms with Gasteiger partial charge in [0.05, 0.1) is 26.5 Å². The van der Waals surface area contributed by atoms with Crippen molar-refractivity contribution in [3.8, 4) is 11.5 Å². The molecule has 1 aromatic carbocycles. The summed E-state index contributed by atoms with van der Waals surface area (Å²) in [7, 11) is 3.28. The van der Waals surface area contributed by atoms with E-state index in [1.165, 1.54) is 11.8 Å². The highest BCUT2D eigenvalue weighted by atomic mass is 16.5. The molecule has 2 atom stereocenters. The predicted octanol–water partition coefficient (Wildman–Crippen LogP) is 3.59. The zero-order valence-corrected chi connectivity index (χ0v) is 16.7. The van der Waals surface area contributed by atoms with Gasteiger partial charge in [0.2, 0.25) is 0 Å². The Labute approximate surface area is 166 Å². The fourth-order valence-electron chi connectivity index (χ4n) is 3.92. The van der Waals surface area contributed by atoms with Crippen molar-refractivity contribution in [2.24, 2.45) is 0 Å². The number of benzene rings is 1. The number of nitrogens with one attached hydrogen (secondary N) is 1. The Balaban J connectivity index is 1.99. The third-order valence-electron chi connectivity index (χ3n) is 5.27. The molecule has 0 fully saturated rings. The number of nitrogens with zero attached hydrogens (tertiary/aromatic N) is 1. The topological polar surface area (TPSA) is 63.9 Å². The molecule has 2 heterocycles. The van der Waals surface area contributed by atoms with Gasteiger partial charge in [0.25, 0.3) is 5.91 Å². The number of fused-ring (bicyclic) bond motifs is 1. The Morgan fingerprint density at radius 2 is 2.14 bits per heavy atom. The summed E-state index contributed by atoms with van der Waals surface area (Å²) in [6.45, 7) is 7.60.